The molecule has 0 aromatic heterocycles. The lowest BCUT2D eigenvalue weighted by molar-refractivity contribution is -0.274. The Hall–Kier alpha value is -2.83. The minimum atomic E-state index is -4.90. The van der Waals surface area contributed by atoms with Gasteiger partial charge in [-0.3, -0.25) is 9.59 Å². The number of carbonyl (C=O) groups excluding carboxylic acids is 2. The summed E-state index contributed by atoms with van der Waals surface area (Å²) >= 11 is 5.71. The standard InChI is InChI=1S/C19H18ClF3N2O6S/c1-12(25-32(28,29)15-8-6-14(20)7-9-15)18(27)30-11-17(26)24-10-13-4-2-3-5-16(13)31-19(21,22)23/h2-9,12,25H,10-11H2,1H3,(H,24,26)/t12-/m0/s1. The number of para-hydroxylation sites is 1. The van der Waals surface area contributed by atoms with Crippen molar-refractivity contribution in [2.24, 2.45) is 0 Å². The van der Waals surface area contributed by atoms with Crippen LogP contribution in [0.1, 0.15) is 12.5 Å². The minimum Gasteiger partial charge on any atom is -0.454 e. The van der Waals surface area contributed by atoms with Gasteiger partial charge in [0.05, 0.1) is 4.90 Å². The summed E-state index contributed by atoms with van der Waals surface area (Å²) in [6, 6.07) is 9.10. The van der Waals surface area contributed by atoms with Crippen LogP contribution in [-0.4, -0.2) is 39.3 Å². The highest BCUT2D eigenvalue weighted by atomic mass is 35.5. The maximum absolute atomic E-state index is 12.4. The molecule has 0 fully saturated rings. The van der Waals surface area contributed by atoms with E-state index in [0.29, 0.717) is 5.02 Å². The molecular formula is C19H18ClF3N2O6S. The number of rotatable bonds is 9. The summed E-state index contributed by atoms with van der Waals surface area (Å²) in [7, 11) is -4.04. The zero-order valence-corrected chi connectivity index (χ0v) is 18.1. The van der Waals surface area contributed by atoms with Gasteiger partial charge in [-0.25, -0.2) is 8.42 Å². The van der Waals surface area contributed by atoms with E-state index in [1.54, 1.807) is 0 Å². The van der Waals surface area contributed by atoms with Crippen LogP contribution in [0, 0.1) is 0 Å². The van der Waals surface area contributed by atoms with Crippen molar-refractivity contribution in [3.05, 3.63) is 59.1 Å². The second-order valence-corrected chi connectivity index (χ2v) is 8.49. The average molecular weight is 495 g/mol. The van der Waals surface area contributed by atoms with Crippen molar-refractivity contribution in [1.29, 1.82) is 0 Å². The molecule has 174 valence electrons. The third-order valence-electron chi connectivity index (χ3n) is 3.83. The van der Waals surface area contributed by atoms with Gasteiger partial charge < -0.3 is 14.8 Å². The van der Waals surface area contributed by atoms with Crippen molar-refractivity contribution in [1.82, 2.24) is 10.0 Å². The molecule has 0 radical (unpaired) electrons. The van der Waals surface area contributed by atoms with Crippen molar-refractivity contribution in [3.8, 4) is 5.75 Å². The summed E-state index contributed by atoms with van der Waals surface area (Å²) < 4.78 is 72.5. The molecule has 2 N–H and O–H groups in total. The molecule has 0 aliphatic rings. The van der Waals surface area contributed by atoms with Crippen LogP contribution in [0.25, 0.3) is 0 Å². The van der Waals surface area contributed by atoms with E-state index in [4.69, 9.17) is 16.3 Å². The quantitative estimate of drug-likeness (QED) is 0.519. The number of benzene rings is 2. The van der Waals surface area contributed by atoms with Gasteiger partial charge in [0, 0.05) is 17.1 Å². The predicted molar refractivity (Wildman–Crippen MR) is 107 cm³/mol. The fourth-order valence-corrected chi connectivity index (χ4v) is 3.66. The highest BCUT2D eigenvalue weighted by Gasteiger charge is 2.32. The number of hydrogen-bond donors (Lipinski definition) is 2. The Morgan fingerprint density at radius 3 is 2.34 bits per heavy atom. The monoisotopic (exact) mass is 494 g/mol. The molecule has 0 saturated heterocycles. The largest absolute Gasteiger partial charge is 0.573 e. The fourth-order valence-electron chi connectivity index (χ4n) is 2.34. The third-order valence-corrected chi connectivity index (χ3v) is 5.64. The molecule has 2 rings (SSSR count). The van der Waals surface area contributed by atoms with Crippen LogP contribution in [0.5, 0.6) is 5.75 Å². The number of esters is 1. The average Bonchev–Trinajstić information content (AvgIpc) is 2.70. The number of ether oxygens (including phenoxy) is 2. The van der Waals surface area contributed by atoms with E-state index in [9.17, 15) is 31.2 Å². The van der Waals surface area contributed by atoms with Crippen molar-refractivity contribution in [3.63, 3.8) is 0 Å². The maximum Gasteiger partial charge on any atom is 0.573 e. The van der Waals surface area contributed by atoms with Gasteiger partial charge in [-0.1, -0.05) is 29.8 Å². The Kier molecular flexibility index (Phi) is 8.47. The second kappa shape index (κ2) is 10.7. The van der Waals surface area contributed by atoms with Gasteiger partial charge in [0.2, 0.25) is 10.0 Å². The molecule has 1 amide bonds. The van der Waals surface area contributed by atoms with Crippen molar-refractivity contribution >= 4 is 33.5 Å². The van der Waals surface area contributed by atoms with E-state index in [0.717, 1.165) is 6.07 Å². The Bertz CT molecular complexity index is 1060. The Morgan fingerprint density at radius 2 is 1.72 bits per heavy atom. The lowest BCUT2D eigenvalue weighted by Crippen LogP contribution is -2.40. The summed E-state index contributed by atoms with van der Waals surface area (Å²) in [6.45, 7) is 0.133. The van der Waals surface area contributed by atoms with Crippen LogP contribution in [0.2, 0.25) is 5.02 Å². The van der Waals surface area contributed by atoms with E-state index in [1.807, 2.05) is 0 Å². The maximum atomic E-state index is 12.4. The molecule has 0 bridgehead atoms. The lowest BCUT2D eigenvalue weighted by Gasteiger charge is -2.15. The highest BCUT2D eigenvalue weighted by molar-refractivity contribution is 7.89. The van der Waals surface area contributed by atoms with Gasteiger partial charge in [-0.15, -0.1) is 13.2 Å². The van der Waals surface area contributed by atoms with E-state index in [1.165, 1.54) is 49.4 Å². The van der Waals surface area contributed by atoms with E-state index in [-0.39, 0.29) is 17.0 Å². The number of hydrogen-bond acceptors (Lipinski definition) is 6. The first kappa shape index (κ1) is 25.4. The number of carbonyl (C=O) groups is 2. The summed E-state index contributed by atoms with van der Waals surface area (Å²) in [4.78, 5) is 23.8. The Labute approximate surface area is 186 Å². The summed E-state index contributed by atoms with van der Waals surface area (Å²) in [5.74, 6) is -2.33. The molecule has 1 atom stereocenters. The van der Waals surface area contributed by atoms with Crippen molar-refractivity contribution in [2.75, 3.05) is 6.61 Å². The molecule has 0 aliphatic heterocycles. The zero-order valence-electron chi connectivity index (χ0n) is 16.5. The van der Waals surface area contributed by atoms with Crippen LogP contribution in [0.15, 0.2) is 53.4 Å². The normalized spacial score (nSPS) is 12.7. The fraction of sp³-hybridized carbons (Fsp3) is 0.263. The second-order valence-electron chi connectivity index (χ2n) is 6.34. The molecule has 0 unspecified atom stereocenters. The first-order valence-electron chi connectivity index (χ1n) is 8.92. The summed E-state index contributed by atoms with van der Waals surface area (Å²) in [5, 5.41) is 2.61. The van der Waals surface area contributed by atoms with Crippen LogP contribution in [-0.2, 0) is 30.9 Å². The van der Waals surface area contributed by atoms with Gasteiger partial charge in [-0.2, -0.15) is 4.72 Å². The number of alkyl halides is 3. The van der Waals surface area contributed by atoms with Gasteiger partial charge in [0.15, 0.2) is 6.61 Å². The molecule has 32 heavy (non-hydrogen) atoms. The first-order chi connectivity index (χ1) is 14.9. The number of amides is 1. The number of sulfonamides is 1. The highest BCUT2D eigenvalue weighted by Crippen LogP contribution is 2.26. The zero-order chi connectivity index (χ0) is 23.9. The lowest BCUT2D eigenvalue weighted by atomic mass is 10.2. The van der Waals surface area contributed by atoms with E-state index in [2.05, 4.69) is 14.8 Å². The topological polar surface area (TPSA) is 111 Å². The van der Waals surface area contributed by atoms with Gasteiger partial charge in [0.1, 0.15) is 11.8 Å². The smallest absolute Gasteiger partial charge is 0.454 e. The molecule has 8 nitrogen and oxygen atoms in total. The molecule has 0 saturated carbocycles. The Balaban J connectivity index is 1.85. The SMILES string of the molecule is C[C@H](NS(=O)(=O)c1ccc(Cl)cc1)C(=O)OCC(=O)NCc1ccccc1OC(F)(F)F. The number of nitrogens with one attached hydrogen (secondary N) is 2. The number of halogens is 4. The van der Waals surface area contributed by atoms with Crippen molar-refractivity contribution in [2.45, 2.75) is 30.8 Å². The molecule has 2 aromatic carbocycles. The Morgan fingerprint density at radius 1 is 1.09 bits per heavy atom. The van der Waals surface area contributed by atoms with E-state index < -0.39 is 46.7 Å². The van der Waals surface area contributed by atoms with Gasteiger partial charge >= 0.3 is 12.3 Å². The van der Waals surface area contributed by atoms with Crippen LogP contribution >= 0.6 is 11.6 Å². The van der Waals surface area contributed by atoms with Crippen LogP contribution < -0.4 is 14.8 Å². The van der Waals surface area contributed by atoms with Crippen LogP contribution in [0.4, 0.5) is 13.2 Å². The molecule has 0 heterocycles. The van der Waals surface area contributed by atoms with Crippen LogP contribution in [0.3, 0.4) is 0 Å². The molecule has 2 aromatic rings. The summed E-state index contributed by atoms with van der Waals surface area (Å²) in [6.07, 6.45) is -4.90. The molecule has 0 spiro atoms. The first-order valence-corrected chi connectivity index (χ1v) is 10.8. The van der Waals surface area contributed by atoms with Gasteiger partial charge in [0.25, 0.3) is 5.91 Å². The molecule has 0 aliphatic carbocycles. The summed E-state index contributed by atoms with van der Waals surface area (Å²) in [5.41, 5.74) is 0.0496. The molecular weight excluding hydrogens is 477 g/mol. The predicted octanol–water partition coefficient (Wildman–Crippen LogP) is 2.77. The van der Waals surface area contributed by atoms with Gasteiger partial charge in [-0.05, 0) is 37.3 Å². The minimum absolute atomic E-state index is 0.0496. The van der Waals surface area contributed by atoms with Crippen molar-refractivity contribution < 1.29 is 40.7 Å². The third kappa shape index (κ3) is 8.02. The van der Waals surface area contributed by atoms with E-state index >= 15 is 0 Å². The molecule has 13 heteroatoms.